The first-order valence-corrected chi connectivity index (χ1v) is 7.33. The third kappa shape index (κ3) is 5.02. The van der Waals surface area contributed by atoms with E-state index < -0.39 is 0 Å². The highest BCUT2D eigenvalue weighted by Crippen LogP contribution is 2.18. The zero-order valence-electron chi connectivity index (χ0n) is 12.0. The molecule has 1 N–H and O–H groups in total. The van der Waals surface area contributed by atoms with Gasteiger partial charge in [0.15, 0.2) is 0 Å². The quantitative estimate of drug-likeness (QED) is 0.818. The smallest absolute Gasteiger partial charge is 0.309 e. The molecule has 0 bridgehead atoms. The number of carbonyl (C=O) groups excluding carboxylic acids is 2. The second-order valence-electron chi connectivity index (χ2n) is 5.23. The average molecular weight is 311 g/mol. The molecule has 0 spiro atoms. The molecule has 114 valence electrons. The molecule has 6 heteroatoms. The molecular formula is C15H19ClN2O3. The molecular weight excluding hydrogens is 292 g/mol. The van der Waals surface area contributed by atoms with Crippen LogP contribution in [0.3, 0.4) is 0 Å². The number of anilines is 1. The Balaban J connectivity index is 1.71. The van der Waals surface area contributed by atoms with Crippen molar-refractivity contribution in [3.63, 3.8) is 0 Å². The van der Waals surface area contributed by atoms with Crippen molar-refractivity contribution in [1.29, 1.82) is 0 Å². The SMILES string of the molecule is CN(CC[C@H]1CCOC1=O)CC(=O)Nc1ccc(Cl)cc1. The highest BCUT2D eigenvalue weighted by Gasteiger charge is 2.26. The predicted molar refractivity (Wildman–Crippen MR) is 81.3 cm³/mol. The standard InChI is InChI=1S/C15H19ClN2O3/c1-18(8-6-11-7-9-21-15(11)20)10-14(19)17-13-4-2-12(16)3-5-13/h2-5,11H,6-10H2,1H3,(H,17,19)/t11-/m0/s1. The number of hydrogen-bond acceptors (Lipinski definition) is 4. The van der Waals surface area contributed by atoms with Gasteiger partial charge in [0, 0.05) is 10.7 Å². The zero-order chi connectivity index (χ0) is 15.2. The summed E-state index contributed by atoms with van der Waals surface area (Å²) in [5.74, 6) is -0.227. The minimum atomic E-state index is -0.117. The topological polar surface area (TPSA) is 58.6 Å². The zero-order valence-corrected chi connectivity index (χ0v) is 12.7. The van der Waals surface area contributed by atoms with Crippen molar-refractivity contribution < 1.29 is 14.3 Å². The summed E-state index contributed by atoms with van der Waals surface area (Å²) >= 11 is 5.79. The first kappa shape index (κ1) is 15.8. The highest BCUT2D eigenvalue weighted by atomic mass is 35.5. The fraction of sp³-hybridized carbons (Fsp3) is 0.467. The molecule has 1 aliphatic heterocycles. The Bertz CT molecular complexity index is 504. The number of ether oxygens (including phenoxy) is 1. The van der Waals surface area contributed by atoms with Gasteiger partial charge in [-0.05, 0) is 50.7 Å². The molecule has 1 aromatic rings. The summed E-state index contributed by atoms with van der Waals surface area (Å²) in [7, 11) is 1.86. The van der Waals surface area contributed by atoms with Crippen LogP contribution in [0.2, 0.25) is 5.02 Å². The Hall–Kier alpha value is -1.59. The lowest BCUT2D eigenvalue weighted by molar-refractivity contribution is -0.141. The van der Waals surface area contributed by atoms with E-state index in [9.17, 15) is 9.59 Å². The van der Waals surface area contributed by atoms with Gasteiger partial charge in [0.1, 0.15) is 0 Å². The number of amides is 1. The molecule has 0 radical (unpaired) electrons. The minimum absolute atomic E-state index is 0.0215. The number of halogens is 1. The molecule has 1 heterocycles. The van der Waals surface area contributed by atoms with Crippen LogP contribution in [0.5, 0.6) is 0 Å². The number of carbonyl (C=O) groups is 2. The number of cyclic esters (lactones) is 1. The molecule has 1 amide bonds. The van der Waals surface area contributed by atoms with Crippen LogP contribution in [0.4, 0.5) is 5.69 Å². The maximum Gasteiger partial charge on any atom is 0.309 e. The normalized spacial score (nSPS) is 17.9. The van der Waals surface area contributed by atoms with Gasteiger partial charge >= 0.3 is 5.97 Å². The molecule has 1 saturated heterocycles. The summed E-state index contributed by atoms with van der Waals surface area (Å²) in [6, 6.07) is 6.97. The molecule has 0 aromatic heterocycles. The van der Waals surface area contributed by atoms with Gasteiger partial charge in [-0.1, -0.05) is 11.6 Å². The van der Waals surface area contributed by atoms with Crippen molar-refractivity contribution in [3.8, 4) is 0 Å². The largest absolute Gasteiger partial charge is 0.465 e. The van der Waals surface area contributed by atoms with Crippen molar-refractivity contribution in [1.82, 2.24) is 4.90 Å². The number of likely N-dealkylation sites (N-methyl/N-ethyl adjacent to an activating group) is 1. The second-order valence-corrected chi connectivity index (χ2v) is 5.67. The van der Waals surface area contributed by atoms with Gasteiger partial charge in [-0.15, -0.1) is 0 Å². The first-order valence-electron chi connectivity index (χ1n) is 6.95. The maximum absolute atomic E-state index is 11.9. The van der Waals surface area contributed by atoms with Crippen LogP contribution >= 0.6 is 11.6 Å². The molecule has 5 nitrogen and oxygen atoms in total. The summed E-state index contributed by atoms with van der Waals surface area (Å²) in [4.78, 5) is 25.1. The molecule has 1 aliphatic rings. The van der Waals surface area contributed by atoms with Crippen molar-refractivity contribution in [3.05, 3.63) is 29.3 Å². The summed E-state index contributed by atoms with van der Waals surface area (Å²) in [6.07, 6.45) is 1.51. The number of esters is 1. The maximum atomic E-state index is 11.9. The Kier molecular flexibility index (Phi) is 5.59. The van der Waals surface area contributed by atoms with Crippen LogP contribution in [-0.2, 0) is 14.3 Å². The summed E-state index contributed by atoms with van der Waals surface area (Å²) in [6.45, 7) is 1.49. The average Bonchev–Trinajstić information content (AvgIpc) is 2.84. The van der Waals surface area contributed by atoms with Crippen molar-refractivity contribution >= 4 is 29.2 Å². The third-order valence-corrected chi connectivity index (χ3v) is 3.70. The lowest BCUT2D eigenvalue weighted by Crippen LogP contribution is -2.32. The van der Waals surface area contributed by atoms with E-state index in [1.165, 1.54) is 0 Å². The molecule has 1 aromatic carbocycles. The van der Waals surface area contributed by atoms with Crippen LogP contribution in [0.15, 0.2) is 24.3 Å². The monoisotopic (exact) mass is 310 g/mol. The van der Waals surface area contributed by atoms with E-state index >= 15 is 0 Å². The highest BCUT2D eigenvalue weighted by molar-refractivity contribution is 6.30. The molecule has 1 fully saturated rings. The Morgan fingerprint density at radius 1 is 1.43 bits per heavy atom. The third-order valence-electron chi connectivity index (χ3n) is 3.44. The van der Waals surface area contributed by atoms with E-state index in [2.05, 4.69) is 5.32 Å². The van der Waals surface area contributed by atoms with E-state index in [4.69, 9.17) is 16.3 Å². The second kappa shape index (κ2) is 7.43. The van der Waals surface area contributed by atoms with Gasteiger partial charge in [0.25, 0.3) is 0 Å². The Labute approximate surface area is 129 Å². The Morgan fingerprint density at radius 2 is 2.14 bits per heavy atom. The number of hydrogen-bond donors (Lipinski definition) is 1. The van der Waals surface area contributed by atoms with Gasteiger partial charge in [-0.2, -0.15) is 0 Å². The summed E-state index contributed by atoms with van der Waals surface area (Å²) < 4.78 is 4.92. The van der Waals surface area contributed by atoms with E-state index in [-0.39, 0.29) is 24.3 Å². The van der Waals surface area contributed by atoms with Crippen LogP contribution in [0, 0.1) is 5.92 Å². The lowest BCUT2D eigenvalue weighted by atomic mass is 10.0. The molecule has 2 rings (SSSR count). The lowest BCUT2D eigenvalue weighted by Gasteiger charge is -2.17. The molecule has 21 heavy (non-hydrogen) atoms. The van der Waals surface area contributed by atoms with Crippen LogP contribution in [-0.4, -0.2) is 43.5 Å². The minimum Gasteiger partial charge on any atom is -0.465 e. The number of benzene rings is 1. The van der Waals surface area contributed by atoms with E-state index in [0.29, 0.717) is 18.2 Å². The van der Waals surface area contributed by atoms with Crippen LogP contribution in [0.25, 0.3) is 0 Å². The van der Waals surface area contributed by atoms with Gasteiger partial charge in [-0.25, -0.2) is 0 Å². The van der Waals surface area contributed by atoms with Gasteiger partial charge < -0.3 is 10.1 Å². The van der Waals surface area contributed by atoms with Crippen LogP contribution in [0.1, 0.15) is 12.8 Å². The van der Waals surface area contributed by atoms with E-state index in [1.54, 1.807) is 24.3 Å². The number of nitrogens with zero attached hydrogens (tertiary/aromatic N) is 1. The van der Waals surface area contributed by atoms with Gasteiger partial charge in [0.05, 0.1) is 19.1 Å². The summed E-state index contributed by atoms with van der Waals surface area (Å²) in [5, 5.41) is 3.44. The number of rotatable bonds is 6. The fourth-order valence-corrected chi connectivity index (χ4v) is 2.36. The molecule has 0 saturated carbocycles. The van der Waals surface area contributed by atoms with E-state index in [1.807, 2.05) is 11.9 Å². The number of nitrogens with one attached hydrogen (secondary N) is 1. The predicted octanol–water partition coefficient (Wildman–Crippen LogP) is 2.16. The fourth-order valence-electron chi connectivity index (χ4n) is 2.23. The van der Waals surface area contributed by atoms with Crippen molar-refractivity contribution in [2.24, 2.45) is 5.92 Å². The van der Waals surface area contributed by atoms with Crippen molar-refractivity contribution in [2.45, 2.75) is 12.8 Å². The van der Waals surface area contributed by atoms with Crippen molar-refractivity contribution in [2.75, 3.05) is 32.1 Å². The first-order chi connectivity index (χ1) is 10.0. The summed E-state index contributed by atoms with van der Waals surface area (Å²) in [5.41, 5.74) is 0.720. The molecule has 0 aliphatic carbocycles. The van der Waals surface area contributed by atoms with E-state index in [0.717, 1.165) is 18.5 Å². The molecule has 1 atom stereocenters. The van der Waals surface area contributed by atoms with Gasteiger partial charge in [0.2, 0.25) is 5.91 Å². The Morgan fingerprint density at radius 3 is 2.76 bits per heavy atom. The van der Waals surface area contributed by atoms with Crippen LogP contribution < -0.4 is 5.32 Å². The van der Waals surface area contributed by atoms with Gasteiger partial charge in [-0.3, -0.25) is 14.5 Å². The molecule has 0 unspecified atom stereocenters.